The number of aromatic nitrogens is 2. The molecule has 0 aliphatic heterocycles. The van der Waals surface area contributed by atoms with E-state index in [0.717, 1.165) is 17.7 Å². The highest BCUT2D eigenvalue weighted by molar-refractivity contribution is 5.54. The molecule has 1 heterocycles. The number of nitrogens with one attached hydrogen (secondary N) is 1. The first-order valence-corrected chi connectivity index (χ1v) is 5.95. The number of hydrogen-bond acceptors (Lipinski definition) is 3. The van der Waals surface area contributed by atoms with Gasteiger partial charge in [-0.05, 0) is 24.3 Å². The third-order valence-electron chi connectivity index (χ3n) is 2.52. The maximum absolute atomic E-state index is 12.8. The fraction of sp³-hybridized carbons (Fsp3) is 0.286. The smallest absolute Gasteiger partial charge is 0.159 e. The molecule has 1 aromatic heterocycles. The van der Waals surface area contributed by atoms with Crippen LogP contribution in [0.25, 0.3) is 11.4 Å². The van der Waals surface area contributed by atoms with E-state index in [1.165, 1.54) is 12.1 Å². The van der Waals surface area contributed by atoms with Crippen LogP contribution >= 0.6 is 0 Å². The average molecular weight is 245 g/mol. The lowest BCUT2D eigenvalue weighted by atomic mass is 10.2. The second kappa shape index (κ2) is 5.69. The molecule has 0 atom stereocenters. The van der Waals surface area contributed by atoms with E-state index in [1.54, 1.807) is 24.5 Å². The molecule has 0 radical (unpaired) electrons. The minimum Gasteiger partial charge on any atom is -0.310 e. The Morgan fingerprint density at radius 3 is 2.28 bits per heavy atom. The zero-order valence-electron chi connectivity index (χ0n) is 10.5. The Labute approximate surface area is 106 Å². The predicted octanol–water partition coefficient (Wildman–Crippen LogP) is 2.78. The van der Waals surface area contributed by atoms with Gasteiger partial charge in [-0.3, -0.25) is 0 Å². The molecule has 0 amide bonds. The average Bonchev–Trinajstić information content (AvgIpc) is 2.38. The SMILES string of the molecule is CC(C)NCc1cnc(-c2ccc(F)cc2)nc1. The second-order valence-electron chi connectivity index (χ2n) is 4.46. The Kier molecular flexibility index (Phi) is 3.99. The summed E-state index contributed by atoms with van der Waals surface area (Å²) in [5.74, 6) is 0.361. The van der Waals surface area contributed by atoms with Crippen molar-refractivity contribution in [1.82, 2.24) is 15.3 Å². The van der Waals surface area contributed by atoms with Gasteiger partial charge in [0.15, 0.2) is 5.82 Å². The molecule has 1 aromatic carbocycles. The first-order chi connectivity index (χ1) is 8.65. The highest BCUT2D eigenvalue weighted by Gasteiger charge is 2.02. The molecule has 2 rings (SSSR count). The molecule has 0 fully saturated rings. The lowest BCUT2D eigenvalue weighted by Crippen LogP contribution is -2.21. The summed E-state index contributed by atoms with van der Waals surface area (Å²) in [6.07, 6.45) is 3.59. The standard InChI is InChI=1S/C14H16FN3/c1-10(2)16-7-11-8-17-14(18-9-11)12-3-5-13(15)6-4-12/h3-6,8-10,16H,7H2,1-2H3. The fourth-order valence-corrected chi connectivity index (χ4v) is 1.52. The number of halogens is 1. The van der Waals surface area contributed by atoms with E-state index in [0.29, 0.717) is 11.9 Å². The van der Waals surface area contributed by atoms with Crippen molar-refractivity contribution in [2.75, 3.05) is 0 Å². The van der Waals surface area contributed by atoms with Crippen molar-refractivity contribution in [3.8, 4) is 11.4 Å². The summed E-state index contributed by atoms with van der Waals surface area (Å²) in [5, 5.41) is 3.30. The van der Waals surface area contributed by atoms with Crippen molar-refractivity contribution in [2.24, 2.45) is 0 Å². The van der Waals surface area contributed by atoms with E-state index >= 15 is 0 Å². The quantitative estimate of drug-likeness (QED) is 0.900. The Morgan fingerprint density at radius 1 is 1.11 bits per heavy atom. The highest BCUT2D eigenvalue weighted by atomic mass is 19.1. The zero-order valence-corrected chi connectivity index (χ0v) is 10.5. The van der Waals surface area contributed by atoms with Gasteiger partial charge in [0, 0.05) is 36.1 Å². The number of hydrogen-bond donors (Lipinski definition) is 1. The first kappa shape index (κ1) is 12.6. The topological polar surface area (TPSA) is 37.8 Å². The van der Waals surface area contributed by atoms with Gasteiger partial charge in [0.1, 0.15) is 5.82 Å². The molecule has 0 spiro atoms. The van der Waals surface area contributed by atoms with E-state index in [2.05, 4.69) is 29.1 Å². The van der Waals surface area contributed by atoms with Crippen LogP contribution in [-0.4, -0.2) is 16.0 Å². The molecule has 0 bridgehead atoms. The maximum Gasteiger partial charge on any atom is 0.159 e. The largest absolute Gasteiger partial charge is 0.310 e. The summed E-state index contributed by atoms with van der Waals surface area (Å²) in [6.45, 7) is 4.93. The molecular formula is C14H16FN3. The Morgan fingerprint density at radius 2 is 1.72 bits per heavy atom. The van der Waals surface area contributed by atoms with Crippen molar-refractivity contribution in [2.45, 2.75) is 26.4 Å². The van der Waals surface area contributed by atoms with Gasteiger partial charge in [-0.2, -0.15) is 0 Å². The summed E-state index contributed by atoms with van der Waals surface area (Å²) in [5.41, 5.74) is 1.86. The number of benzene rings is 1. The third kappa shape index (κ3) is 3.34. The monoisotopic (exact) mass is 245 g/mol. The van der Waals surface area contributed by atoms with Gasteiger partial charge in [-0.1, -0.05) is 13.8 Å². The summed E-state index contributed by atoms with van der Waals surface area (Å²) in [6, 6.07) is 6.61. The number of rotatable bonds is 4. The second-order valence-corrected chi connectivity index (χ2v) is 4.46. The fourth-order valence-electron chi connectivity index (χ4n) is 1.52. The Bertz CT molecular complexity index is 491. The van der Waals surface area contributed by atoms with Gasteiger partial charge in [-0.25, -0.2) is 14.4 Å². The van der Waals surface area contributed by atoms with Crippen LogP contribution in [0.4, 0.5) is 4.39 Å². The van der Waals surface area contributed by atoms with E-state index in [-0.39, 0.29) is 5.82 Å². The van der Waals surface area contributed by atoms with Gasteiger partial charge in [-0.15, -0.1) is 0 Å². The van der Waals surface area contributed by atoms with Crippen LogP contribution in [0.5, 0.6) is 0 Å². The summed E-state index contributed by atoms with van der Waals surface area (Å²) < 4.78 is 12.8. The van der Waals surface area contributed by atoms with Crippen molar-refractivity contribution in [1.29, 1.82) is 0 Å². The van der Waals surface area contributed by atoms with E-state index in [1.807, 2.05) is 0 Å². The molecule has 0 saturated heterocycles. The van der Waals surface area contributed by atoms with Crippen LogP contribution in [0.15, 0.2) is 36.7 Å². The summed E-state index contributed by atoms with van der Waals surface area (Å²) in [4.78, 5) is 8.57. The summed E-state index contributed by atoms with van der Waals surface area (Å²) >= 11 is 0. The van der Waals surface area contributed by atoms with Crippen LogP contribution in [0.1, 0.15) is 19.4 Å². The van der Waals surface area contributed by atoms with Crippen LogP contribution in [-0.2, 0) is 6.54 Å². The lowest BCUT2D eigenvalue weighted by molar-refractivity contribution is 0.587. The molecule has 0 aliphatic carbocycles. The highest BCUT2D eigenvalue weighted by Crippen LogP contribution is 2.14. The molecule has 3 nitrogen and oxygen atoms in total. The molecule has 0 aliphatic rings. The van der Waals surface area contributed by atoms with E-state index < -0.39 is 0 Å². The number of nitrogens with zero attached hydrogens (tertiary/aromatic N) is 2. The van der Waals surface area contributed by atoms with E-state index in [9.17, 15) is 4.39 Å². The molecule has 2 aromatic rings. The van der Waals surface area contributed by atoms with Gasteiger partial charge in [0.25, 0.3) is 0 Å². The Balaban J connectivity index is 2.09. The van der Waals surface area contributed by atoms with Crippen molar-refractivity contribution in [3.63, 3.8) is 0 Å². The van der Waals surface area contributed by atoms with Gasteiger partial charge >= 0.3 is 0 Å². The van der Waals surface area contributed by atoms with Crippen LogP contribution in [0.3, 0.4) is 0 Å². The molecule has 94 valence electrons. The third-order valence-corrected chi connectivity index (χ3v) is 2.52. The minimum absolute atomic E-state index is 0.253. The van der Waals surface area contributed by atoms with Crippen LogP contribution in [0, 0.1) is 5.82 Å². The minimum atomic E-state index is -0.253. The predicted molar refractivity (Wildman–Crippen MR) is 69.4 cm³/mol. The normalized spacial score (nSPS) is 10.9. The van der Waals surface area contributed by atoms with Crippen molar-refractivity contribution in [3.05, 3.63) is 48.0 Å². The van der Waals surface area contributed by atoms with Crippen LogP contribution < -0.4 is 5.32 Å². The molecular weight excluding hydrogens is 229 g/mol. The molecule has 0 unspecified atom stereocenters. The van der Waals surface area contributed by atoms with Crippen molar-refractivity contribution >= 4 is 0 Å². The summed E-state index contributed by atoms with van der Waals surface area (Å²) in [7, 11) is 0. The van der Waals surface area contributed by atoms with Gasteiger partial charge < -0.3 is 5.32 Å². The van der Waals surface area contributed by atoms with Gasteiger partial charge in [0.2, 0.25) is 0 Å². The lowest BCUT2D eigenvalue weighted by Gasteiger charge is -2.07. The first-order valence-electron chi connectivity index (χ1n) is 5.95. The molecule has 1 N–H and O–H groups in total. The van der Waals surface area contributed by atoms with Gasteiger partial charge in [0.05, 0.1) is 0 Å². The van der Waals surface area contributed by atoms with Crippen LogP contribution in [0.2, 0.25) is 0 Å². The molecule has 4 heteroatoms. The van der Waals surface area contributed by atoms with Crippen molar-refractivity contribution < 1.29 is 4.39 Å². The molecule has 0 saturated carbocycles. The van der Waals surface area contributed by atoms with E-state index in [4.69, 9.17) is 0 Å². The molecule has 18 heavy (non-hydrogen) atoms. The zero-order chi connectivity index (χ0) is 13.0. The maximum atomic E-state index is 12.8. The Hall–Kier alpha value is -1.81.